The maximum Gasteiger partial charge on any atom is 0.258 e. The molecular weight excluding hydrogens is 356 g/mol. The number of benzene rings is 2. The van der Waals surface area contributed by atoms with Gasteiger partial charge in [0.15, 0.2) is 0 Å². The van der Waals surface area contributed by atoms with Crippen molar-refractivity contribution in [2.24, 2.45) is 0 Å². The lowest BCUT2D eigenvalue weighted by Gasteiger charge is -2.15. The number of fused-ring (bicyclic) bond motifs is 1. The molecule has 0 bridgehead atoms. The van der Waals surface area contributed by atoms with Gasteiger partial charge in [0.1, 0.15) is 6.33 Å². The van der Waals surface area contributed by atoms with E-state index >= 15 is 0 Å². The normalized spacial score (nSPS) is 11.1. The van der Waals surface area contributed by atoms with E-state index in [9.17, 15) is 9.59 Å². The average molecular weight is 374 g/mol. The molecule has 0 saturated carbocycles. The van der Waals surface area contributed by atoms with Crippen LogP contribution < -0.4 is 10.9 Å². The van der Waals surface area contributed by atoms with Gasteiger partial charge in [-0.3, -0.25) is 9.59 Å². The van der Waals surface area contributed by atoms with Gasteiger partial charge >= 0.3 is 0 Å². The molecule has 0 aliphatic carbocycles. The molecule has 0 spiro atoms. The predicted octanol–water partition coefficient (Wildman–Crippen LogP) is 2.81. The second-order valence-corrected chi connectivity index (χ2v) is 6.65. The minimum absolute atomic E-state index is 0.0563. The molecule has 1 amide bonds. The number of nitrogens with zero attached hydrogens (tertiary/aromatic N) is 5. The van der Waals surface area contributed by atoms with Gasteiger partial charge in [-0.2, -0.15) is 0 Å². The Labute approximate surface area is 160 Å². The number of nitrogens with one attached hydrogen (secondary N) is 1. The lowest BCUT2D eigenvalue weighted by atomic mass is 10.1. The summed E-state index contributed by atoms with van der Waals surface area (Å²) in [6.45, 7) is 3.82. The van der Waals surface area contributed by atoms with Gasteiger partial charge in [0, 0.05) is 28.7 Å². The van der Waals surface area contributed by atoms with E-state index in [1.54, 1.807) is 53.2 Å². The van der Waals surface area contributed by atoms with Crippen molar-refractivity contribution in [3.8, 4) is 5.69 Å². The van der Waals surface area contributed by atoms with Gasteiger partial charge in [0.2, 0.25) is 0 Å². The summed E-state index contributed by atoms with van der Waals surface area (Å²) >= 11 is 0. The first-order valence-corrected chi connectivity index (χ1v) is 8.83. The van der Waals surface area contributed by atoms with E-state index in [0.29, 0.717) is 22.0 Å². The summed E-state index contributed by atoms with van der Waals surface area (Å²) in [7, 11) is 0. The first-order valence-electron chi connectivity index (χ1n) is 8.83. The van der Waals surface area contributed by atoms with Gasteiger partial charge in [-0.25, -0.2) is 4.68 Å². The summed E-state index contributed by atoms with van der Waals surface area (Å²) in [6, 6.07) is 14.3. The third-order valence-corrected chi connectivity index (χ3v) is 4.49. The topological polar surface area (TPSA) is 94.7 Å². The van der Waals surface area contributed by atoms with Crippen molar-refractivity contribution < 1.29 is 4.79 Å². The number of tetrazole rings is 1. The molecule has 0 fully saturated rings. The van der Waals surface area contributed by atoms with Crippen molar-refractivity contribution >= 4 is 22.4 Å². The Hall–Kier alpha value is -3.81. The van der Waals surface area contributed by atoms with E-state index in [0.717, 1.165) is 5.69 Å². The minimum Gasteiger partial charge on any atom is -0.322 e. The van der Waals surface area contributed by atoms with Gasteiger partial charge in [0.25, 0.3) is 11.5 Å². The molecule has 1 N–H and O–H groups in total. The molecule has 0 saturated heterocycles. The van der Waals surface area contributed by atoms with Gasteiger partial charge in [-0.05, 0) is 54.6 Å². The quantitative estimate of drug-likeness (QED) is 0.593. The highest BCUT2D eigenvalue weighted by atomic mass is 16.2. The Morgan fingerprint density at radius 3 is 2.39 bits per heavy atom. The molecule has 28 heavy (non-hydrogen) atoms. The zero-order valence-corrected chi connectivity index (χ0v) is 15.4. The zero-order chi connectivity index (χ0) is 19.7. The number of aromatic nitrogens is 5. The Morgan fingerprint density at radius 1 is 1.04 bits per heavy atom. The number of hydrogen-bond donors (Lipinski definition) is 1. The molecule has 2 heterocycles. The molecule has 2 aromatic carbocycles. The summed E-state index contributed by atoms with van der Waals surface area (Å²) < 4.78 is 3.11. The van der Waals surface area contributed by atoms with Crippen LogP contribution in [0.4, 0.5) is 5.69 Å². The third-order valence-electron chi connectivity index (χ3n) is 4.49. The summed E-state index contributed by atoms with van der Waals surface area (Å²) in [5.41, 5.74) is 1.76. The van der Waals surface area contributed by atoms with Crippen molar-refractivity contribution in [2.45, 2.75) is 19.9 Å². The second kappa shape index (κ2) is 7.07. The fraction of sp³-hybridized carbons (Fsp3) is 0.150. The molecular formula is C20H18N6O2. The molecule has 0 radical (unpaired) electrons. The van der Waals surface area contributed by atoms with Crippen molar-refractivity contribution in [2.75, 3.05) is 5.32 Å². The van der Waals surface area contributed by atoms with E-state index < -0.39 is 0 Å². The Morgan fingerprint density at radius 2 is 1.75 bits per heavy atom. The molecule has 8 nitrogen and oxygen atoms in total. The molecule has 0 unspecified atom stereocenters. The summed E-state index contributed by atoms with van der Waals surface area (Å²) in [4.78, 5) is 25.6. The number of pyridine rings is 1. The van der Waals surface area contributed by atoms with Crippen molar-refractivity contribution in [1.29, 1.82) is 0 Å². The second-order valence-electron chi connectivity index (χ2n) is 6.65. The predicted molar refractivity (Wildman–Crippen MR) is 106 cm³/mol. The molecule has 2 aromatic heterocycles. The molecule has 8 heteroatoms. The maximum atomic E-state index is 13.0. The van der Waals surface area contributed by atoms with Crippen LogP contribution >= 0.6 is 0 Å². The minimum atomic E-state index is -0.277. The van der Waals surface area contributed by atoms with Crippen LogP contribution in [-0.4, -0.2) is 30.7 Å². The average Bonchev–Trinajstić information content (AvgIpc) is 3.23. The van der Waals surface area contributed by atoms with E-state index in [1.807, 2.05) is 19.9 Å². The van der Waals surface area contributed by atoms with Crippen LogP contribution in [0.1, 0.15) is 30.2 Å². The van der Waals surface area contributed by atoms with E-state index in [2.05, 4.69) is 20.8 Å². The van der Waals surface area contributed by atoms with Crippen molar-refractivity contribution in [1.82, 2.24) is 24.8 Å². The molecule has 0 atom stereocenters. The highest BCUT2D eigenvalue weighted by Crippen LogP contribution is 2.19. The largest absolute Gasteiger partial charge is 0.322 e. The molecule has 4 aromatic rings. The van der Waals surface area contributed by atoms with E-state index in [4.69, 9.17) is 0 Å². The smallest absolute Gasteiger partial charge is 0.258 e. The van der Waals surface area contributed by atoms with Crippen LogP contribution in [0, 0.1) is 0 Å². The van der Waals surface area contributed by atoms with Gasteiger partial charge in [-0.1, -0.05) is 18.2 Å². The summed E-state index contributed by atoms with van der Waals surface area (Å²) in [5, 5.41) is 15.1. The number of carbonyl (C=O) groups excluding carboxylic acids is 1. The maximum absolute atomic E-state index is 13.0. The zero-order valence-electron chi connectivity index (χ0n) is 15.4. The van der Waals surface area contributed by atoms with E-state index in [1.165, 1.54) is 11.0 Å². The highest BCUT2D eigenvalue weighted by molar-refractivity contribution is 6.12. The van der Waals surface area contributed by atoms with Crippen molar-refractivity contribution in [3.05, 3.63) is 77.0 Å². The number of carbonyl (C=O) groups is 1. The number of amides is 1. The van der Waals surface area contributed by atoms with Crippen LogP contribution in [0.3, 0.4) is 0 Å². The van der Waals surface area contributed by atoms with Gasteiger partial charge < -0.3 is 9.88 Å². The molecule has 4 rings (SSSR count). The Kier molecular flexibility index (Phi) is 4.44. The van der Waals surface area contributed by atoms with Gasteiger partial charge in [0.05, 0.1) is 11.3 Å². The SMILES string of the molecule is CC(C)n1cc(C(=O)Nc2ccc(-n3cnnn3)cc2)c2ccccc2c1=O. The highest BCUT2D eigenvalue weighted by Gasteiger charge is 2.16. The lowest BCUT2D eigenvalue weighted by Crippen LogP contribution is -2.25. The Balaban J connectivity index is 1.69. The number of rotatable bonds is 4. The standard InChI is InChI=1S/C20H18N6O2/c1-13(2)25-11-18(16-5-3-4-6-17(16)20(25)28)19(27)22-14-7-9-15(10-8-14)26-12-21-23-24-26/h3-13H,1-2H3,(H,22,27). The van der Waals surface area contributed by atoms with Crippen LogP contribution in [0.5, 0.6) is 0 Å². The van der Waals surface area contributed by atoms with Crippen LogP contribution in [0.2, 0.25) is 0 Å². The van der Waals surface area contributed by atoms with Gasteiger partial charge in [-0.15, -0.1) is 5.10 Å². The van der Waals surface area contributed by atoms with Crippen molar-refractivity contribution in [3.63, 3.8) is 0 Å². The first kappa shape index (κ1) is 17.6. The summed E-state index contributed by atoms with van der Waals surface area (Å²) in [6.07, 6.45) is 3.12. The number of hydrogen-bond acceptors (Lipinski definition) is 5. The number of anilines is 1. The molecule has 140 valence electrons. The van der Waals surface area contributed by atoms with Crippen LogP contribution in [0.25, 0.3) is 16.5 Å². The monoisotopic (exact) mass is 374 g/mol. The van der Waals surface area contributed by atoms with Crippen LogP contribution in [0.15, 0.2) is 65.8 Å². The Bertz CT molecular complexity index is 1190. The molecule has 0 aliphatic heterocycles. The van der Waals surface area contributed by atoms with E-state index in [-0.39, 0.29) is 17.5 Å². The lowest BCUT2D eigenvalue weighted by molar-refractivity contribution is 0.102. The first-order chi connectivity index (χ1) is 13.5. The third kappa shape index (κ3) is 3.16. The fourth-order valence-electron chi connectivity index (χ4n) is 3.05. The summed E-state index contributed by atoms with van der Waals surface area (Å²) in [5.74, 6) is -0.277. The van der Waals surface area contributed by atoms with Crippen LogP contribution in [-0.2, 0) is 0 Å². The fourth-order valence-corrected chi connectivity index (χ4v) is 3.05. The molecule has 0 aliphatic rings.